The number of nitrogens with zero attached hydrogens (tertiary/aromatic N) is 2. The van der Waals surface area contributed by atoms with Gasteiger partial charge >= 0.3 is 0 Å². The molecule has 0 aromatic heterocycles. The molecular weight excluding hydrogens is 376 g/mol. The number of carbonyl (C=O) groups is 2. The number of hydrogen-bond acceptors (Lipinski definition) is 5. The summed E-state index contributed by atoms with van der Waals surface area (Å²) in [6, 6.07) is 19.5. The smallest absolute Gasteiger partial charge is 0.268 e. The number of nitro benzene ring substituents is 1. The molecule has 1 saturated heterocycles. The van der Waals surface area contributed by atoms with Gasteiger partial charge in [-0.2, -0.15) is 0 Å². The molecular formula is C21H14N2O4S. The third-order valence-electron chi connectivity index (χ3n) is 4.46. The Labute approximate surface area is 164 Å². The van der Waals surface area contributed by atoms with Crippen molar-refractivity contribution in [3.63, 3.8) is 0 Å². The predicted octanol–water partition coefficient (Wildman–Crippen LogP) is 4.98. The van der Waals surface area contributed by atoms with Gasteiger partial charge < -0.3 is 0 Å². The summed E-state index contributed by atoms with van der Waals surface area (Å²) in [4.78, 5) is 37.1. The van der Waals surface area contributed by atoms with E-state index < -0.39 is 10.8 Å². The second-order valence-electron chi connectivity index (χ2n) is 6.26. The SMILES string of the molecule is O=C1S/C(=C\c2cccc([N+](=O)[O-])c2)C(=O)N1Cc1cccc2ccccc12. The lowest BCUT2D eigenvalue weighted by Crippen LogP contribution is -2.27. The highest BCUT2D eigenvalue weighted by molar-refractivity contribution is 8.18. The molecule has 1 heterocycles. The monoisotopic (exact) mass is 390 g/mol. The van der Waals surface area contributed by atoms with Crippen LogP contribution in [0.3, 0.4) is 0 Å². The maximum Gasteiger partial charge on any atom is 0.293 e. The highest BCUT2D eigenvalue weighted by atomic mass is 32.2. The van der Waals surface area contributed by atoms with Crippen molar-refractivity contribution in [1.29, 1.82) is 0 Å². The van der Waals surface area contributed by atoms with E-state index in [1.54, 1.807) is 12.1 Å². The van der Waals surface area contributed by atoms with Gasteiger partial charge in [0.2, 0.25) is 0 Å². The normalized spacial score (nSPS) is 15.6. The molecule has 7 heteroatoms. The molecule has 4 rings (SSSR count). The summed E-state index contributed by atoms with van der Waals surface area (Å²) in [6.45, 7) is 0.179. The largest absolute Gasteiger partial charge is 0.293 e. The molecule has 2 amide bonds. The number of nitro groups is 1. The second-order valence-corrected chi connectivity index (χ2v) is 7.25. The fourth-order valence-corrected chi connectivity index (χ4v) is 3.95. The summed E-state index contributed by atoms with van der Waals surface area (Å²) >= 11 is 0.844. The van der Waals surface area contributed by atoms with E-state index >= 15 is 0 Å². The Bertz CT molecular complexity index is 1150. The van der Waals surface area contributed by atoms with Crippen LogP contribution in [0.15, 0.2) is 71.6 Å². The van der Waals surface area contributed by atoms with Crippen molar-refractivity contribution in [2.24, 2.45) is 0 Å². The molecule has 0 spiro atoms. The number of non-ortho nitro benzene ring substituents is 1. The lowest BCUT2D eigenvalue weighted by atomic mass is 10.0. The number of imide groups is 1. The van der Waals surface area contributed by atoms with E-state index in [0.717, 1.165) is 28.1 Å². The molecule has 0 bridgehead atoms. The first-order valence-electron chi connectivity index (χ1n) is 8.49. The molecule has 0 aliphatic carbocycles. The van der Waals surface area contributed by atoms with Gasteiger partial charge in [-0.25, -0.2) is 0 Å². The molecule has 6 nitrogen and oxygen atoms in total. The van der Waals surface area contributed by atoms with E-state index in [-0.39, 0.29) is 22.4 Å². The summed E-state index contributed by atoms with van der Waals surface area (Å²) in [5.41, 5.74) is 1.32. The topological polar surface area (TPSA) is 80.5 Å². The highest BCUT2D eigenvalue weighted by Gasteiger charge is 2.35. The first-order valence-corrected chi connectivity index (χ1v) is 9.31. The number of rotatable bonds is 4. The minimum atomic E-state index is -0.496. The van der Waals surface area contributed by atoms with Gasteiger partial charge in [0.05, 0.1) is 16.4 Å². The van der Waals surface area contributed by atoms with Crippen LogP contribution in [-0.4, -0.2) is 21.0 Å². The predicted molar refractivity (Wildman–Crippen MR) is 109 cm³/mol. The average molecular weight is 390 g/mol. The van der Waals surface area contributed by atoms with E-state index in [4.69, 9.17) is 0 Å². The second kappa shape index (κ2) is 7.28. The molecule has 3 aromatic rings. The number of amides is 2. The first-order chi connectivity index (χ1) is 13.5. The summed E-state index contributed by atoms with van der Waals surface area (Å²) in [5.74, 6) is -0.394. The molecule has 0 atom stereocenters. The summed E-state index contributed by atoms with van der Waals surface area (Å²) < 4.78 is 0. The Morgan fingerprint density at radius 3 is 2.57 bits per heavy atom. The molecule has 138 valence electrons. The van der Waals surface area contributed by atoms with Crippen LogP contribution in [0.25, 0.3) is 16.8 Å². The zero-order chi connectivity index (χ0) is 19.7. The fraction of sp³-hybridized carbons (Fsp3) is 0.0476. The van der Waals surface area contributed by atoms with Gasteiger partial charge in [-0.05, 0) is 39.7 Å². The van der Waals surface area contributed by atoms with Crippen molar-refractivity contribution in [3.05, 3.63) is 92.9 Å². The van der Waals surface area contributed by atoms with E-state index in [1.807, 2.05) is 42.5 Å². The number of hydrogen-bond donors (Lipinski definition) is 0. The molecule has 0 saturated carbocycles. The van der Waals surface area contributed by atoms with E-state index in [1.165, 1.54) is 23.1 Å². The summed E-state index contributed by atoms with van der Waals surface area (Å²) in [6.07, 6.45) is 1.51. The molecule has 28 heavy (non-hydrogen) atoms. The van der Waals surface area contributed by atoms with E-state index in [0.29, 0.717) is 5.56 Å². The van der Waals surface area contributed by atoms with Crippen molar-refractivity contribution in [3.8, 4) is 0 Å². The maximum atomic E-state index is 12.8. The van der Waals surface area contributed by atoms with Crippen LogP contribution in [0.1, 0.15) is 11.1 Å². The zero-order valence-electron chi connectivity index (χ0n) is 14.6. The van der Waals surface area contributed by atoms with Crippen LogP contribution in [-0.2, 0) is 11.3 Å². The minimum Gasteiger partial charge on any atom is -0.268 e. The first kappa shape index (κ1) is 17.9. The molecule has 1 aliphatic heterocycles. The van der Waals surface area contributed by atoms with E-state index in [9.17, 15) is 19.7 Å². The van der Waals surface area contributed by atoms with Crippen LogP contribution in [0.5, 0.6) is 0 Å². The molecule has 3 aromatic carbocycles. The lowest BCUT2D eigenvalue weighted by molar-refractivity contribution is -0.384. The Morgan fingerprint density at radius 2 is 1.75 bits per heavy atom. The number of thioether (sulfide) groups is 1. The summed E-state index contributed by atoms with van der Waals surface area (Å²) in [7, 11) is 0. The third kappa shape index (κ3) is 3.39. The molecule has 0 N–H and O–H groups in total. The Balaban J connectivity index is 1.62. The molecule has 0 radical (unpaired) electrons. The van der Waals surface area contributed by atoms with Crippen LogP contribution in [0, 0.1) is 10.1 Å². The van der Waals surface area contributed by atoms with Gasteiger partial charge in [0.25, 0.3) is 16.8 Å². The quantitative estimate of drug-likeness (QED) is 0.356. The summed E-state index contributed by atoms with van der Waals surface area (Å²) in [5, 5.41) is 12.6. The average Bonchev–Trinajstić information content (AvgIpc) is 2.96. The van der Waals surface area contributed by atoms with Gasteiger partial charge in [0.1, 0.15) is 0 Å². The fourth-order valence-electron chi connectivity index (χ4n) is 3.12. The third-order valence-corrected chi connectivity index (χ3v) is 5.37. The van der Waals surface area contributed by atoms with Gasteiger partial charge in [-0.15, -0.1) is 0 Å². The number of benzene rings is 3. The Morgan fingerprint density at radius 1 is 1.00 bits per heavy atom. The van der Waals surface area contributed by atoms with Crippen molar-refractivity contribution in [2.75, 3.05) is 0 Å². The number of carbonyl (C=O) groups excluding carboxylic acids is 2. The van der Waals surface area contributed by atoms with Crippen molar-refractivity contribution in [1.82, 2.24) is 4.90 Å². The van der Waals surface area contributed by atoms with Gasteiger partial charge in [-0.1, -0.05) is 54.6 Å². The highest BCUT2D eigenvalue weighted by Crippen LogP contribution is 2.34. The Kier molecular flexibility index (Phi) is 4.67. The van der Waals surface area contributed by atoms with Gasteiger partial charge in [-0.3, -0.25) is 24.6 Å². The van der Waals surface area contributed by atoms with Crippen molar-refractivity contribution >= 4 is 45.4 Å². The van der Waals surface area contributed by atoms with E-state index in [2.05, 4.69) is 0 Å². The zero-order valence-corrected chi connectivity index (χ0v) is 15.4. The van der Waals surface area contributed by atoms with Gasteiger partial charge in [0.15, 0.2) is 0 Å². The minimum absolute atomic E-state index is 0.0660. The van der Waals surface area contributed by atoms with Crippen LogP contribution in [0.4, 0.5) is 10.5 Å². The Hall–Kier alpha value is -3.45. The van der Waals surface area contributed by atoms with Crippen LogP contribution >= 0.6 is 11.8 Å². The van der Waals surface area contributed by atoms with Crippen LogP contribution in [0.2, 0.25) is 0 Å². The van der Waals surface area contributed by atoms with Crippen molar-refractivity contribution in [2.45, 2.75) is 6.54 Å². The van der Waals surface area contributed by atoms with Crippen molar-refractivity contribution < 1.29 is 14.5 Å². The van der Waals surface area contributed by atoms with Gasteiger partial charge in [0, 0.05) is 12.1 Å². The lowest BCUT2D eigenvalue weighted by Gasteiger charge is -2.14. The number of fused-ring (bicyclic) bond motifs is 1. The molecule has 1 aliphatic rings. The molecule has 1 fully saturated rings. The standard InChI is InChI=1S/C21H14N2O4S/c24-20-19(12-14-5-3-9-17(11-14)23(26)27)28-21(25)22(20)13-16-8-4-7-15-6-1-2-10-18(15)16/h1-12H,13H2/b19-12-. The molecule has 0 unspecified atom stereocenters. The van der Waals surface area contributed by atoms with Crippen LogP contribution < -0.4 is 0 Å². The maximum absolute atomic E-state index is 12.8.